The number of aliphatic hydroxyl groups is 1. The summed E-state index contributed by atoms with van der Waals surface area (Å²) in [6.07, 6.45) is 3.67. The molecule has 31 heteroatoms. The lowest BCUT2D eigenvalue weighted by Gasteiger charge is -2.42. The van der Waals surface area contributed by atoms with Gasteiger partial charge in [0.1, 0.15) is 5.60 Å². The van der Waals surface area contributed by atoms with Gasteiger partial charge >= 0.3 is 30.2 Å². The molecule has 0 aliphatic carbocycles. The summed E-state index contributed by atoms with van der Waals surface area (Å²) in [7, 11) is 3.40. The Morgan fingerprint density at radius 1 is 0.395 bits per heavy atom. The summed E-state index contributed by atoms with van der Waals surface area (Å²) in [6.45, 7) is 34.4. The standard InChI is InChI=1S/2C17H26N4O3S.C17H26N4OS.C17H25N3O2.C15H21N3O/c2*1-15-3-5-16(6-4-15)25(23,24)21-13-11-20(12-14-21)17(22)19-9-7-18(2)8-10-19;1-18-7-9-20(10-8-18)17(22)21-13-11-19(12-14-21)15-5-3-4-6-16(15)23-2;1-18-10-12-19(13-11-18)16(21)20-9-5-8-17(22,14-20)15-6-3-2-4-7-15;1-12(2)13-6-4-5-7-14(13)16-15(19)18-10-8-17(3)9-11-18/h2*3-6H,7-14H2,1-2H3;3-6H,7-14H2,1-2H3;2-4,6-7,22H,5,8-14H2,1H3;4-7H,1,8-11H2,2-3H3,(H,16,19). The first-order valence-electron chi connectivity index (χ1n) is 40.3. The molecule has 0 aromatic heterocycles. The Kier molecular flexibility index (Phi) is 32.3. The van der Waals surface area contributed by atoms with Gasteiger partial charge in [-0.15, -0.1) is 11.8 Å². The van der Waals surface area contributed by atoms with Gasteiger partial charge in [-0.05, 0) is 129 Å². The highest BCUT2D eigenvalue weighted by Gasteiger charge is 2.40. The predicted octanol–water partition coefficient (Wildman–Crippen LogP) is 7.07. The number of carbonyl (C=O) groups is 5. The fourth-order valence-corrected chi connectivity index (χ4v) is 18.6. The molecule has 624 valence electrons. The molecule has 5 aromatic rings. The number of carbonyl (C=O) groups excluding carboxylic acids is 5. The Bertz CT molecular complexity index is 4040. The highest BCUT2D eigenvalue weighted by Crippen LogP contribution is 2.33. The van der Waals surface area contributed by atoms with Crippen molar-refractivity contribution in [1.29, 1.82) is 0 Å². The summed E-state index contributed by atoms with van der Waals surface area (Å²) in [4.78, 5) is 95.1. The Morgan fingerprint density at radius 3 is 1.10 bits per heavy atom. The Hall–Kier alpha value is -8.08. The molecule has 0 spiro atoms. The summed E-state index contributed by atoms with van der Waals surface area (Å²) in [5.74, 6) is 0. The van der Waals surface area contributed by atoms with Crippen LogP contribution in [0.4, 0.5) is 35.3 Å². The van der Waals surface area contributed by atoms with Gasteiger partial charge < -0.3 is 83.9 Å². The van der Waals surface area contributed by atoms with Crippen LogP contribution in [0.1, 0.15) is 42.0 Å². The fraction of sp³-hybridized carbons (Fsp3) is 0.554. The third-order valence-corrected chi connectivity index (χ3v) is 27.5. The number of β-amino-alcohol motifs (C(OH)–C–C–N with tert-alkyl or cyclic N) is 1. The molecule has 28 nitrogen and oxygen atoms in total. The molecule has 1 unspecified atom stereocenters. The summed E-state index contributed by atoms with van der Waals surface area (Å²) in [6, 6.07) is 40.1. The molecule has 0 saturated carbocycles. The average Bonchev–Trinajstić information content (AvgIpc) is 0.807. The number of likely N-dealkylation sites (N-methyl/N-ethyl adjacent to an activating group) is 5. The second-order valence-electron chi connectivity index (χ2n) is 31.3. The summed E-state index contributed by atoms with van der Waals surface area (Å²) >= 11 is 1.78. The van der Waals surface area contributed by atoms with Crippen molar-refractivity contribution >= 4 is 78.9 Å². The van der Waals surface area contributed by atoms with E-state index >= 15 is 0 Å². The van der Waals surface area contributed by atoms with E-state index in [2.05, 4.69) is 107 Å². The van der Waals surface area contributed by atoms with Crippen molar-refractivity contribution in [2.45, 2.75) is 53.9 Å². The van der Waals surface area contributed by atoms with Gasteiger partial charge in [-0.2, -0.15) is 8.61 Å². The molecule has 2 N–H and O–H groups in total. The quantitative estimate of drug-likeness (QED) is 0.140. The van der Waals surface area contributed by atoms with Crippen molar-refractivity contribution in [3.05, 3.63) is 156 Å². The SMILES string of the molecule is C=C(C)c1ccccc1NC(=O)N1CCN(C)CC1.CN1CCN(C(=O)N2CCCC(O)(c3ccccc3)C2)CC1.CSc1ccccc1N1CCN(C(=O)N2CCN(C)CC2)CC1.Cc1ccc(S(=O)(=O)N2CCN(C(=O)N3CCN(C)CC3)CC2)cc1.Cc1ccc(S(=O)(=O)N2CCN(C(=O)N3CCN(C)CC3)CC2)cc1. The van der Waals surface area contributed by atoms with Gasteiger partial charge in [0.2, 0.25) is 20.0 Å². The number of rotatable bonds is 9. The molecule has 0 radical (unpaired) electrons. The number of para-hydroxylation sites is 2. The lowest BCUT2D eigenvalue weighted by Crippen LogP contribution is -2.57. The maximum Gasteiger partial charge on any atom is 0.321 e. The van der Waals surface area contributed by atoms with E-state index in [4.69, 9.17) is 0 Å². The van der Waals surface area contributed by atoms with E-state index in [1.54, 1.807) is 70.1 Å². The lowest BCUT2D eigenvalue weighted by atomic mass is 9.86. The van der Waals surface area contributed by atoms with Crippen molar-refractivity contribution in [1.82, 2.24) is 77.2 Å². The van der Waals surface area contributed by atoms with Gasteiger partial charge in [-0.3, -0.25) is 0 Å². The number of aryl methyl sites for hydroxylation is 2. The summed E-state index contributed by atoms with van der Waals surface area (Å²) < 4.78 is 53.8. The number of sulfonamides is 2. The van der Waals surface area contributed by atoms with E-state index in [-0.39, 0.29) is 30.2 Å². The molecule has 9 aliphatic rings. The van der Waals surface area contributed by atoms with Crippen LogP contribution in [0.2, 0.25) is 0 Å². The molecule has 14 rings (SSSR count). The lowest BCUT2D eigenvalue weighted by molar-refractivity contribution is -0.0284. The Balaban J connectivity index is 0.000000151. The molecule has 5 aromatic carbocycles. The smallest absolute Gasteiger partial charge is 0.321 e. The summed E-state index contributed by atoms with van der Waals surface area (Å²) in [5.41, 5.74) is 6.13. The molecular weight excluding hydrogens is 1510 g/mol. The Labute approximate surface area is 682 Å². The first-order chi connectivity index (χ1) is 54.6. The van der Waals surface area contributed by atoms with Gasteiger partial charge in [-0.1, -0.05) is 103 Å². The molecule has 0 bridgehead atoms. The molecule has 9 saturated heterocycles. The molecule has 9 heterocycles. The maximum absolute atomic E-state index is 12.7. The highest BCUT2D eigenvalue weighted by atomic mass is 32.2. The molecule has 10 amide bonds. The number of anilines is 2. The number of hydrogen-bond acceptors (Lipinski definition) is 17. The molecule has 1 atom stereocenters. The number of hydrogen-bond donors (Lipinski definition) is 2. The molecular formula is C83H124N18O10S3. The first-order valence-corrected chi connectivity index (χ1v) is 44.4. The minimum atomic E-state index is -3.48. The average molecular weight is 1630 g/mol. The van der Waals surface area contributed by atoms with E-state index in [0.29, 0.717) is 75.1 Å². The van der Waals surface area contributed by atoms with E-state index in [0.717, 1.165) is 204 Å². The third kappa shape index (κ3) is 24.1. The number of thioether (sulfide) groups is 1. The maximum atomic E-state index is 12.7. The van der Waals surface area contributed by atoms with Crippen molar-refractivity contribution in [3.63, 3.8) is 0 Å². The zero-order chi connectivity index (χ0) is 81.7. The van der Waals surface area contributed by atoms with Crippen LogP contribution in [-0.4, -0.2) is 393 Å². The molecule has 9 fully saturated rings. The number of benzene rings is 5. The predicted molar refractivity (Wildman–Crippen MR) is 453 cm³/mol. The number of allylic oxidation sites excluding steroid dienone is 1. The number of piperazine rings is 8. The summed E-state index contributed by atoms with van der Waals surface area (Å²) in [5, 5.41) is 14.0. The Morgan fingerprint density at radius 2 is 0.719 bits per heavy atom. The van der Waals surface area contributed by atoms with E-state index < -0.39 is 25.6 Å². The second-order valence-corrected chi connectivity index (χ2v) is 36.0. The van der Waals surface area contributed by atoms with Gasteiger partial charge in [0.15, 0.2) is 0 Å². The van der Waals surface area contributed by atoms with Crippen LogP contribution >= 0.6 is 11.8 Å². The van der Waals surface area contributed by atoms with Crippen LogP contribution in [-0.2, 0) is 25.6 Å². The molecule has 114 heavy (non-hydrogen) atoms. The minimum Gasteiger partial charge on any atom is -0.383 e. The van der Waals surface area contributed by atoms with Crippen LogP contribution in [0.25, 0.3) is 5.57 Å². The van der Waals surface area contributed by atoms with Crippen LogP contribution in [0.3, 0.4) is 0 Å². The first kappa shape index (κ1) is 88.3. The van der Waals surface area contributed by atoms with Crippen molar-refractivity contribution in [3.8, 4) is 0 Å². The molecule has 9 aliphatic heterocycles. The van der Waals surface area contributed by atoms with Gasteiger partial charge in [-0.25, -0.2) is 40.8 Å². The normalized spacial score (nSPS) is 21.0. The number of piperidine rings is 1. The van der Waals surface area contributed by atoms with E-state index in [1.807, 2.05) is 110 Å². The van der Waals surface area contributed by atoms with Gasteiger partial charge in [0.05, 0.1) is 22.0 Å². The third-order valence-electron chi connectivity index (χ3n) is 22.9. The number of amides is 10. The van der Waals surface area contributed by atoms with Crippen molar-refractivity contribution < 1.29 is 45.9 Å². The second kappa shape index (κ2) is 41.7. The van der Waals surface area contributed by atoms with Crippen LogP contribution < -0.4 is 10.2 Å². The number of nitrogens with zero attached hydrogens (tertiary/aromatic N) is 17. The monoisotopic (exact) mass is 1630 g/mol. The van der Waals surface area contributed by atoms with Gasteiger partial charge in [0, 0.05) is 232 Å². The minimum absolute atomic E-state index is 0.0261. The number of nitrogens with one attached hydrogen (secondary N) is 1. The van der Waals surface area contributed by atoms with Gasteiger partial charge in [0.25, 0.3) is 0 Å². The highest BCUT2D eigenvalue weighted by molar-refractivity contribution is 7.98. The number of likely N-dealkylation sites (tertiary alicyclic amines) is 1. The van der Waals surface area contributed by atoms with Crippen molar-refractivity contribution in [2.24, 2.45) is 0 Å². The van der Waals surface area contributed by atoms with Crippen LogP contribution in [0, 0.1) is 13.8 Å². The number of urea groups is 5. The zero-order valence-electron chi connectivity index (χ0n) is 68.7. The van der Waals surface area contributed by atoms with Crippen molar-refractivity contribution in [2.75, 3.05) is 274 Å². The largest absolute Gasteiger partial charge is 0.383 e. The van der Waals surface area contributed by atoms with E-state index in [1.165, 1.54) is 19.2 Å². The fourth-order valence-electron chi connectivity index (χ4n) is 15.1. The van der Waals surface area contributed by atoms with Crippen LogP contribution in [0.15, 0.2) is 149 Å². The van der Waals surface area contributed by atoms with Crippen LogP contribution in [0.5, 0.6) is 0 Å². The zero-order valence-corrected chi connectivity index (χ0v) is 71.2. The topological polar surface area (TPSA) is 241 Å². The van der Waals surface area contributed by atoms with E-state index in [9.17, 15) is 45.9 Å².